The van der Waals surface area contributed by atoms with Gasteiger partial charge < -0.3 is 9.47 Å². The van der Waals surface area contributed by atoms with Crippen molar-refractivity contribution in [3.8, 4) is 5.75 Å². The summed E-state index contributed by atoms with van der Waals surface area (Å²) < 4.78 is 10.4. The van der Waals surface area contributed by atoms with Gasteiger partial charge in [-0.1, -0.05) is 36.4 Å². The lowest BCUT2D eigenvalue weighted by Crippen LogP contribution is -2.35. The van der Waals surface area contributed by atoms with Gasteiger partial charge in [0.2, 0.25) is 0 Å². The lowest BCUT2D eigenvalue weighted by Gasteiger charge is -2.22. The fourth-order valence-electron chi connectivity index (χ4n) is 2.57. The van der Waals surface area contributed by atoms with Crippen molar-refractivity contribution in [2.75, 3.05) is 18.6 Å². The Morgan fingerprint density at radius 1 is 1.19 bits per heavy atom. The van der Waals surface area contributed by atoms with Crippen molar-refractivity contribution in [3.63, 3.8) is 0 Å². The quantitative estimate of drug-likeness (QED) is 0.864. The molecule has 4 nitrogen and oxygen atoms in total. The predicted octanol–water partition coefficient (Wildman–Crippen LogP) is 3.26. The molecule has 2 aromatic rings. The molecule has 0 bridgehead atoms. The molecule has 0 spiro atoms. The third kappa shape index (κ3) is 2.84. The summed E-state index contributed by atoms with van der Waals surface area (Å²) >= 11 is 0. The van der Waals surface area contributed by atoms with Crippen LogP contribution in [0.3, 0.4) is 0 Å². The fraction of sp³-hybridized carbons (Fsp3) is 0.235. The molecule has 2 aromatic carbocycles. The highest BCUT2D eigenvalue weighted by Crippen LogP contribution is 2.28. The van der Waals surface area contributed by atoms with Crippen LogP contribution in [0.15, 0.2) is 54.6 Å². The van der Waals surface area contributed by atoms with Gasteiger partial charge in [0.05, 0.1) is 18.8 Å². The maximum atomic E-state index is 12.0. The van der Waals surface area contributed by atoms with E-state index in [-0.39, 0.29) is 12.1 Å². The van der Waals surface area contributed by atoms with Crippen LogP contribution in [-0.2, 0) is 11.2 Å². The first kappa shape index (κ1) is 13.5. The van der Waals surface area contributed by atoms with Crippen LogP contribution >= 0.6 is 0 Å². The van der Waals surface area contributed by atoms with E-state index in [0.29, 0.717) is 6.61 Å². The van der Waals surface area contributed by atoms with E-state index >= 15 is 0 Å². The Bertz CT molecular complexity index is 627. The fourth-order valence-corrected chi connectivity index (χ4v) is 2.57. The van der Waals surface area contributed by atoms with Crippen molar-refractivity contribution < 1.29 is 14.3 Å². The van der Waals surface area contributed by atoms with Crippen molar-refractivity contribution in [2.45, 2.75) is 12.5 Å². The summed E-state index contributed by atoms with van der Waals surface area (Å²) in [5, 5.41) is 0. The number of carbonyl (C=O) groups is 1. The Morgan fingerprint density at radius 3 is 2.76 bits per heavy atom. The summed E-state index contributed by atoms with van der Waals surface area (Å²) in [6.45, 7) is 0.408. The molecule has 1 atom stereocenters. The van der Waals surface area contributed by atoms with Gasteiger partial charge in [0, 0.05) is 6.07 Å². The predicted molar refractivity (Wildman–Crippen MR) is 80.8 cm³/mol. The lowest BCUT2D eigenvalue weighted by atomic mass is 10.1. The van der Waals surface area contributed by atoms with Gasteiger partial charge in [0.25, 0.3) is 0 Å². The number of cyclic esters (lactones) is 1. The Morgan fingerprint density at radius 2 is 2.00 bits per heavy atom. The summed E-state index contributed by atoms with van der Waals surface area (Å²) in [5.74, 6) is 0.727. The zero-order valence-electron chi connectivity index (χ0n) is 11.9. The third-order valence-corrected chi connectivity index (χ3v) is 3.61. The van der Waals surface area contributed by atoms with Crippen LogP contribution in [0, 0.1) is 0 Å². The van der Waals surface area contributed by atoms with Crippen LogP contribution in [0.25, 0.3) is 0 Å². The highest BCUT2D eigenvalue weighted by atomic mass is 16.6. The second-order valence-electron chi connectivity index (χ2n) is 4.99. The van der Waals surface area contributed by atoms with E-state index in [9.17, 15) is 4.79 Å². The van der Waals surface area contributed by atoms with Gasteiger partial charge >= 0.3 is 6.09 Å². The molecule has 1 heterocycles. The minimum atomic E-state index is -0.302. The van der Waals surface area contributed by atoms with Gasteiger partial charge in [-0.3, -0.25) is 4.90 Å². The molecule has 0 unspecified atom stereocenters. The number of rotatable bonds is 4. The Kier molecular flexibility index (Phi) is 3.77. The molecule has 0 N–H and O–H groups in total. The second-order valence-corrected chi connectivity index (χ2v) is 4.99. The number of nitrogens with zero attached hydrogens (tertiary/aromatic N) is 1. The Hall–Kier alpha value is -2.49. The number of hydrogen-bond donors (Lipinski definition) is 0. The van der Waals surface area contributed by atoms with E-state index < -0.39 is 0 Å². The number of hydrogen-bond acceptors (Lipinski definition) is 3. The van der Waals surface area contributed by atoms with Gasteiger partial charge in [0.1, 0.15) is 12.4 Å². The average Bonchev–Trinajstić information content (AvgIpc) is 2.89. The Labute approximate surface area is 123 Å². The number of benzene rings is 2. The van der Waals surface area contributed by atoms with Crippen molar-refractivity contribution in [3.05, 3.63) is 60.2 Å². The normalized spacial score (nSPS) is 17.7. The molecule has 0 radical (unpaired) electrons. The minimum absolute atomic E-state index is 0.00649. The number of methoxy groups -OCH3 is 1. The van der Waals surface area contributed by atoms with E-state index in [1.165, 1.54) is 5.56 Å². The average molecular weight is 283 g/mol. The molecule has 0 aliphatic carbocycles. The number of anilines is 1. The topological polar surface area (TPSA) is 38.8 Å². The maximum Gasteiger partial charge on any atom is 0.414 e. The molecule has 3 rings (SSSR count). The number of amides is 1. The molecule has 1 aliphatic heterocycles. The summed E-state index contributed by atoms with van der Waals surface area (Å²) in [7, 11) is 1.61. The first-order valence-electron chi connectivity index (χ1n) is 6.92. The van der Waals surface area contributed by atoms with E-state index in [0.717, 1.165) is 17.9 Å². The first-order valence-corrected chi connectivity index (χ1v) is 6.92. The second kappa shape index (κ2) is 5.87. The molecule has 21 heavy (non-hydrogen) atoms. The third-order valence-electron chi connectivity index (χ3n) is 3.61. The summed E-state index contributed by atoms with van der Waals surface area (Å²) in [5.41, 5.74) is 1.99. The van der Waals surface area contributed by atoms with Crippen LogP contribution < -0.4 is 9.64 Å². The van der Waals surface area contributed by atoms with Crippen LogP contribution in [0.5, 0.6) is 5.75 Å². The largest absolute Gasteiger partial charge is 0.497 e. The standard InChI is InChI=1S/C17H17NO3/c1-20-16-9-5-8-14(11-16)18-15(12-21-17(18)19)10-13-6-3-2-4-7-13/h2-9,11,15H,10,12H2,1H3/t15-/m1/s1. The van der Waals surface area contributed by atoms with E-state index in [2.05, 4.69) is 12.1 Å². The first-order chi connectivity index (χ1) is 10.3. The van der Waals surface area contributed by atoms with Crippen LogP contribution in [0.2, 0.25) is 0 Å². The zero-order chi connectivity index (χ0) is 14.7. The monoisotopic (exact) mass is 283 g/mol. The van der Waals surface area contributed by atoms with Crippen molar-refractivity contribution in [1.29, 1.82) is 0 Å². The minimum Gasteiger partial charge on any atom is -0.497 e. The summed E-state index contributed by atoms with van der Waals surface area (Å²) in [6.07, 6.45) is 0.466. The van der Waals surface area contributed by atoms with Crippen molar-refractivity contribution in [2.24, 2.45) is 0 Å². The van der Waals surface area contributed by atoms with Crippen molar-refractivity contribution >= 4 is 11.8 Å². The van der Waals surface area contributed by atoms with Gasteiger partial charge in [0.15, 0.2) is 0 Å². The van der Waals surface area contributed by atoms with Gasteiger partial charge in [-0.25, -0.2) is 4.79 Å². The summed E-state index contributed by atoms with van der Waals surface area (Å²) in [6, 6.07) is 17.6. The number of ether oxygens (including phenoxy) is 2. The zero-order valence-corrected chi connectivity index (χ0v) is 11.9. The summed E-state index contributed by atoms with van der Waals surface area (Å²) in [4.78, 5) is 13.7. The van der Waals surface area contributed by atoms with E-state index in [4.69, 9.17) is 9.47 Å². The number of carbonyl (C=O) groups excluding carboxylic acids is 1. The van der Waals surface area contributed by atoms with Crippen LogP contribution in [0.1, 0.15) is 5.56 Å². The van der Waals surface area contributed by atoms with Crippen LogP contribution in [-0.4, -0.2) is 25.9 Å². The van der Waals surface area contributed by atoms with Crippen molar-refractivity contribution in [1.82, 2.24) is 0 Å². The molecule has 1 saturated heterocycles. The van der Waals surface area contributed by atoms with Gasteiger partial charge in [-0.2, -0.15) is 0 Å². The van der Waals surface area contributed by atoms with Gasteiger partial charge in [-0.15, -0.1) is 0 Å². The molecule has 1 amide bonds. The SMILES string of the molecule is COc1cccc(N2C(=O)OC[C@H]2Cc2ccccc2)c1. The highest BCUT2D eigenvalue weighted by Gasteiger charge is 2.34. The van der Waals surface area contributed by atoms with E-state index in [1.54, 1.807) is 12.0 Å². The molecule has 4 heteroatoms. The maximum absolute atomic E-state index is 12.0. The molecule has 1 aliphatic rings. The van der Waals surface area contributed by atoms with E-state index in [1.807, 2.05) is 42.5 Å². The molecular weight excluding hydrogens is 266 g/mol. The molecule has 108 valence electrons. The molecule has 1 fully saturated rings. The molecular formula is C17H17NO3. The van der Waals surface area contributed by atoms with Gasteiger partial charge in [-0.05, 0) is 24.1 Å². The highest BCUT2D eigenvalue weighted by molar-refractivity contribution is 5.90. The lowest BCUT2D eigenvalue weighted by molar-refractivity contribution is 0.178. The molecule has 0 aromatic heterocycles. The smallest absolute Gasteiger partial charge is 0.414 e. The molecule has 0 saturated carbocycles. The Balaban J connectivity index is 1.85. The van der Waals surface area contributed by atoms with Crippen LogP contribution in [0.4, 0.5) is 10.5 Å².